The minimum absolute atomic E-state index is 0.0238. The van der Waals surface area contributed by atoms with Gasteiger partial charge in [-0.1, -0.05) is 42.0 Å². The second-order valence-electron chi connectivity index (χ2n) is 7.11. The van der Waals surface area contributed by atoms with Crippen molar-refractivity contribution >= 4 is 34.0 Å². The van der Waals surface area contributed by atoms with Crippen LogP contribution in [0.25, 0.3) is 10.8 Å². The Morgan fingerprint density at radius 3 is 2.59 bits per heavy atom. The highest BCUT2D eigenvalue weighted by Crippen LogP contribution is 2.37. The first-order chi connectivity index (χ1) is 13.0. The smallest absolute Gasteiger partial charge is 0.258 e. The molecule has 0 unspecified atom stereocenters. The van der Waals surface area contributed by atoms with E-state index >= 15 is 0 Å². The molecule has 0 radical (unpaired) electrons. The molecule has 3 aromatic rings. The van der Waals surface area contributed by atoms with Crippen LogP contribution in [0.1, 0.15) is 34.3 Å². The molecule has 0 aliphatic carbocycles. The lowest BCUT2D eigenvalue weighted by Crippen LogP contribution is -2.28. The van der Waals surface area contributed by atoms with Gasteiger partial charge < -0.3 is 10.2 Å². The summed E-state index contributed by atoms with van der Waals surface area (Å²) in [6.45, 7) is 4.56. The van der Waals surface area contributed by atoms with Crippen LogP contribution < -0.4 is 10.2 Å². The van der Waals surface area contributed by atoms with Gasteiger partial charge in [0.2, 0.25) is 5.91 Å². The molecule has 1 aliphatic heterocycles. The van der Waals surface area contributed by atoms with Crippen LogP contribution in [0, 0.1) is 13.8 Å². The van der Waals surface area contributed by atoms with E-state index in [9.17, 15) is 9.59 Å². The van der Waals surface area contributed by atoms with Crippen molar-refractivity contribution in [1.82, 2.24) is 0 Å². The monoisotopic (exact) mass is 358 g/mol. The normalized spacial score (nSPS) is 12.7. The summed E-state index contributed by atoms with van der Waals surface area (Å²) in [7, 11) is 0. The molecule has 4 nitrogen and oxygen atoms in total. The molecule has 4 heteroatoms. The Morgan fingerprint density at radius 1 is 1.04 bits per heavy atom. The maximum Gasteiger partial charge on any atom is 0.258 e. The quantitative estimate of drug-likeness (QED) is 0.710. The Labute approximate surface area is 158 Å². The van der Waals surface area contributed by atoms with Crippen molar-refractivity contribution < 1.29 is 9.59 Å². The summed E-state index contributed by atoms with van der Waals surface area (Å²) in [5.41, 5.74) is 4.78. The van der Waals surface area contributed by atoms with Gasteiger partial charge in [-0.05, 0) is 49.4 Å². The van der Waals surface area contributed by atoms with Gasteiger partial charge in [0, 0.05) is 29.6 Å². The summed E-state index contributed by atoms with van der Waals surface area (Å²) < 4.78 is 0. The van der Waals surface area contributed by atoms with E-state index in [-0.39, 0.29) is 11.8 Å². The number of amides is 2. The van der Waals surface area contributed by atoms with Gasteiger partial charge in [0.1, 0.15) is 0 Å². The number of nitrogens with zero attached hydrogens (tertiary/aromatic N) is 1. The summed E-state index contributed by atoms with van der Waals surface area (Å²) in [5, 5.41) is 5.06. The minimum atomic E-state index is -0.0238. The number of carbonyl (C=O) groups excluding carboxylic acids is 2. The first-order valence-electron chi connectivity index (χ1n) is 9.25. The molecular weight excluding hydrogens is 336 g/mol. The minimum Gasteiger partial charge on any atom is -0.326 e. The lowest BCUT2D eigenvalue weighted by Gasteiger charge is -2.17. The molecule has 27 heavy (non-hydrogen) atoms. The largest absolute Gasteiger partial charge is 0.326 e. The third-order valence-electron chi connectivity index (χ3n) is 5.09. The molecule has 1 aliphatic rings. The van der Waals surface area contributed by atoms with Crippen molar-refractivity contribution in [2.45, 2.75) is 26.7 Å². The molecule has 1 N–H and O–H groups in total. The Morgan fingerprint density at radius 2 is 1.81 bits per heavy atom. The standard InChI is InChI=1S/C23H22N2O2/c1-15-11-12-19(16(2)14-15)24-21(26)10-5-13-25-20-9-4-7-17-6-3-8-18(22(17)20)23(25)27/h3-4,6-9,11-12,14H,5,10,13H2,1-2H3,(H,24,26). The van der Waals surface area contributed by atoms with E-state index in [1.54, 1.807) is 4.90 Å². The fourth-order valence-corrected chi connectivity index (χ4v) is 3.77. The van der Waals surface area contributed by atoms with Gasteiger partial charge in [0.25, 0.3) is 5.91 Å². The van der Waals surface area contributed by atoms with Crippen LogP contribution in [-0.4, -0.2) is 18.4 Å². The van der Waals surface area contributed by atoms with Crippen molar-refractivity contribution in [3.05, 3.63) is 71.3 Å². The summed E-state index contributed by atoms with van der Waals surface area (Å²) in [6.07, 6.45) is 0.996. The molecule has 3 aromatic carbocycles. The summed E-state index contributed by atoms with van der Waals surface area (Å²) in [4.78, 5) is 26.8. The summed E-state index contributed by atoms with van der Waals surface area (Å²) in [5.74, 6) is 0.000842. The Balaban J connectivity index is 1.41. The van der Waals surface area contributed by atoms with Gasteiger partial charge in [-0.25, -0.2) is 0 Å². The van der Waals surface area contributed by atoms with Crippen LogP contribution in [0.2, 0.25) is 0 Å². The Kier molecular flexibility index (Phi) is 4.40. The maximum atomic E-state index is 12.7. The third-order valence-corrected chi connectivity index (χ3v) is 5.09. The number of hydrogen-bond acceptors (Lipinski definition) is 2. The first-order valence-corrected chi connectivity index (χ1v) is 9.25. The predicted molar refractivity (Wildman–Crippen MR) is 109 cm³/mol. The van der Waals surface area contributed by atoms with Gasteiger partial charge >= 0.3 is 0 Å². The van der Waals surface area contributed by atoms with E-state index in [0.29, 0.717) is 19.4 Å². The maximum absolute atomic E-state index is 12.7. The van der Waals surface area contributed by atoms with E-state index in [0.717, 1.165) is 33.3 Å². The number of nitrogens with one attached hydrogen (secondary N) is 1. The van der Waals surface area contributed by atoms with Gasteiger partial charge in [-0.3, -0.25) is 9.59 Å². The molecular formula is C23H22N2O2. The zero-order valence-electron chi connectivity index (χ0n) is 15.6. The van der Waals surface area contributed by atoms with Crippen LogP contribution in [0.4, 0.5) is 11.4 Å². The zero-order valence-corrected chi connectivity index (χ0v) is 15.6. The molecule has 0 saturated heterocycles. The number of carbonyl (C=O) groups is 2. The fourth-order valence-electron chi connectivity index (χ4n) is 3.77. The van der Waals surface area contributed by atoms with Crippen molar-refractivity contribution in [2.24, 2.45) is 0 Å². The highest BCUT2D eigenvalue weighted by molar-refractivity contribution is 6.25. The molecule has 1 heterocycles. The predicted octanol–water partition coefficient (Wildman–Crippen LogP) is 4.84. The SMILES string of the molecule is Cc1ccc(NC(=O)CCCN2C(=O)c3cccc4cccc2c34)c(C)c1. The van der Waals surface area contributed by atoms with Crippen molar-refractivity contribution in [2.75, 3.05) is 16.8 Å². The fraction of sp³-hybridized carbons (Fsp3) is 0.217. The number of hydrogen-bond donors (Lipinski definition) is 1. The van der Waals surface area contributed by atoms with E-state index < -0.39 is 0 Å². The van der Waals surface area contributed by atoms with E-state index in [1.807, 2.05) is 62.4 Å². The highest BCUT2D eigenvalue weighted by Gasteiger charge is 2.28. The van der Waals surface area contributed by atoms with Gasteiger partial charge in [-0.2, -0.15) is 0 Å². The number of anilines is 2. The molecule has 0 atom stereocenters. The first kappa shape index (κ1) is 17.3. The van der Waals surface area contributed by atoms with Crippen molar-refractivity contribution in [1.29, 1.82) is 0 Å². The lowest BCUT2D eigenvalue weighted by atomic mass is 10.1. The molecule has 136 valence electrons. The molecule has 2 amide bonds. The van der Waals surface area contributed by atoms with E-state index in [2.05, 4.69) is 11.4 Å². The number of aryl methyl sites for hydroxylation is 2. The topological polar surface area (TPSA) is 49.4 Å². The van der Waals surface area contributed by atoms with Crippen LogP contribution >= 0.6 is 0 Å². The Hall–Kier alpha value is -3.14. The highest BCUT2D eigenvalue weighted by atomic mass is 16.2. The molecule has 4 rings (SSSR count). The molecule has 0 aromatic heterocycles. The molecule has 0 saturated carbocycles. The molecule has 0 fully saturated rings. The second kappa shape index (κ2) is 6.88. The van der Waals surface area contributed by atoms with E-state index in [1.165, 1.54) is 5.56 Å². The summed E-state index contributed by atoms with van der Waals surface area (Å²) in [6, 6.07) is 17.8. The summed E-state index contributed by atoms with van der Waals surface area (Å²) >= 11 is 0. The van der Waals surface area contributed by atoms with Gasteiger partial charge in [0.05, 0.1) is 5.69 Å². The van der Waals surface area contributed by atoms with Crippen molar-refractivity contribution in [3.63, 3.8) is 0 Å². The van der Waals surface area contributed by atoms with Crippen LogP contribution in [0.15, 0.2) is 54.6 Å². The average Bonchev–Trinajstić information content (AvgIpc) is 2.92. The zero-order chi connectivity index (χ0) is 19.0. The average molecular weight is 358 g/mol. The van der Waals surface area contributed by atoms with Gasteiger partial charge in [0.15, 0.2) is 0 Å². The van der Waals surface area contributed by atoms with Gasteiger partial charge in [-0.15, -0.1) is 0 Å². The number of rotatable bonds is 5. The second-order valence-corrected chi connectivity index (χ2v) is 7.11. The molecule has 0 bridgehead atoms. The van der Waals surface area contributed by atoms with Crippen LogP contribution in [-0.2, 0) is 4.79 Å². The lowest BCUT2D eigenvalue weighted by molar-refractivity contribution is -0.116. The van der Waals surface area contributed by atoms with Crippen molar-refractivity contribution in [3.8, 4) is 0 Å². The molecule has 0 spiro atoms. The number of benzene rings is 3. The van der Waals surface area contributed by atoms with Crippen LogP contribution in [0.3, 0.4) is 0 Å². The van der Waals surface area contributed by atoms with E-state index in [4.69, 9.17) is 0 Å². The Bertz CT molecular complexity index is 1050. The third kappa shape index (κ3) is 3.19. The van der Waals surface area contributed by atoms with Crippen LogP contribution in [0.5, 0.6) is 0 Å².